The summed E-state index contributed by atoms with van der Waals surface area (Å²) in [6, 6.07) is 19.5. The first-order valence-electron chi connectivity index (χ1n) is 7.39. The van der Waals surface area contributed by atoms with E-state index in [0.29, 0.717) is 6.04 Å². The maximum Gasteiger partial charge on any atom is 0.119 e. The lowest BCUT2D eigenvalue weighted by Gasteiger charge is -2.12. The Kier molecular flexibility index (Phi) is 6.09. The summed E-state index contributed by atoms with van der Waals surface area (Å²) in [7, 11) is 0. The maximum absolute atomic E-state index is 5.83. The van der Waals surface area contributed by atoms with Gasteiger partial charge in [-0.05, 0) is 49.1 Å². The molecule has 112 valence electrons. The molecule has 3 heteroatoms. The zero-order valence-electron chi connectivity index (χ0n) is 12.1. The van der Waals surface area contributed by atoms with Crippen LogP contribution in [0.4, 0.5) is 0 Å². The molecule has 2 nitrogen and oxygen atoms in total. The van der Waals surface area contributed by atoms with Crippen molar-refractivity contribution in [3.8, 4) is 5.75 Å². The van der Waals surface area contributed by atoms with Crippen molar-refractivity contribution < 1.29 is 4.74 Å². The third-order valence-corrected chi connectivity index (χ3v) is 3.79. The highest BCUT2D eigenvalue weighted by molar-refractivity contribution is 5.85. The first kappa shape index (κ1) is 15.9. The summed E-state index contributed by atoms with van der Waals surface area (Å²) in [5.74, 6) is 0.968. The number of ether oxygens (including phenoxy) is 1. The van der Waals surface area contributed by atoms with Crippen LogP contribution in [0.3, 0.4) is 0 Å². The lowest BCUT2D eigenvalue weighted by atomic mass is 10.1. The normalized spacial score (nSPS) is 17.2. The van der Waals surface area contributed by atoms with Crippen LogP contribution in [0.25, 0.3) is 0 Å². The lowest BCUT2D eigenvalue weighted by molar-refractivity contribution is 0.277. The van der Waals surface area contributed by atoms with Gasteiger partial charge in [0.1, 0.15) is 12.4 Å². The van der Waals surface area contributed by atoms with Crippen LogP contribution in [0.2, 0.25) is 0 Å². The third kappa shape index (κ3) is 4.76. The van der Waals surface area contributed by atoms with Gasteiger partial charge in [-0.2, -0.15) is 0 Å². The topological polar surface area (TPSA) is 21.3 Å². The van der Waals surface area contributed by atoms with Gasteiger partial charge in [0.25, 0.3) is 0 Å². The largest absolute Gasteiger partial charge is 0.492 e. The van der Waals surface area contributed by atoms with E-state index in [1.165, 1.54) is 24.0 Å². The van der Waals surface area contributed by atoms with E-state index < -0.39 is 0 Å². The van der Waals surface area contributed by atoms with Crippen molar-refractivity contribution >= 4 is 12.4 Å². The minimum atomic E-state index is 0. The Bertz CT molecular complexity index is 521. The number of hydrogen-bond donors (Lipinski definition) is 1. The van der Waals surface area contributed by atoms with Crippen LogP contribution in [0.15, 0.2) is 54.6 Å². The summed E-state index contributed by atoms with van der Waals surface area (Å²) < 4.78 is 5.83. The van der Waals surface area contributed by atoms with Crippen LogP contribution in [-0.4, -0.2) is 19.2 Å². The second kappa shape index (κ2) is 8.06. The van der Waals surface area contributed by atoms with E-state index in [2.05, 4.69) is 59.9 Å². The van der Waals surface area contributed by atoms with Crippen molar-refractivity contribution in [1.82, 2.24) is 5.32 Å². The number of halogens is 1. The molecule has 3 rings (SSSR count). The Morgan fingerprint density at radius 1 is 0.952 bits per heavy atom. The van der Waals surface area contributed by atoms with Crippen molar-refractivity contribution in [2.75, 3.05) is 13.2 Å². The monoisotopic (exact) mass is 303 g/mol. The molecule has 1 atom stereocenters. The molecule has 2 aromatic rings. The fourth-order valence-electron chi connectivity index (χ4n) is 2.63. The van der Waals surface area contributed by atoms with Crippen molar-refractivity contribution in [2.45, 2.75) is 25.3 Å². The molecule has 1 heterocycles. The molecule has 0 radical (unpaired) electrons. The van der Waals surface area contributed by atoms with Gasteiger partial charge in [0, 0.05) is 6.04 Å². The zero-order chi connectivity index (χ0) is 13.6. The molecule has 1 unspecified atom stereocenters. The van der Waals surface area contributed by atoms with Crippen LogP contribution < -0.4 is 10.1 Å². The highest BCUT2D eigenvalue weighted by Gasteiger charge is 2.14. The predicted octanol–water partition coefficient (Wildman–Crippen LogP) is 3.83. The van der Waals surface area contributed by atoms with Crippen molar-refractivity contribution in [3.05, 3.63) is 65.7 Å². The van der Waals surface area contributed by atoms with E-state index in [-0.39, 0.29) is 12.4 Å². The van der Waals surface area contributed by atoms with Crippen molar-refractivity contribution in [1.29, 1.82) is 0 Å². The van der Waals surface area contributed by atoms with E-state index in [9.17, 15) is 0 Å². The number of benzene rings is 2. The lowest BCUT2D eigenvalue weighted by Crippen LogP contribution is -2.28. The molecule has 0 bridgehead atoms. The summed E-state index contributed by atoms with van der Waals surface area (Å²) in [5.41, 5.74) is 2.67. The summed E-state index contributed by atoms with van der Waals surface area (Å²) in [6.07, 6.45) is 3.47. The van der Waals surface area contributed by atoms with E-state index in [1.54, 1.807) is 0 Å². The van der Waals surface area contributed by atoms with Gasteiger partial charge in [0.2, 0.25) is 0 Å². The van der Waals surface area contributed by atoms with Gasteiger partial charge in [-0.15, -0.1) is 12.4 Å². The van der Waals surface area contributed by atoms with Gasteiger partial charge >= 0.3 is 0 Å². The summed E-state index contributed by atoms with van der Waals surface area (Å²) in [4.78, 5) is 0. The Morgan fingerprint density at radius 3 is 2.33 bits per heavy atom. The molecule has 0 saturated carbocycles. The van der Waals surface area contributed by atoms with Crippen LogP contribution in [-0.2, 0) is 6.42 Å². The average Bonchev–Trinajstić information content (AvgIpc) is 3.01. The Hall–Kier alpha value is -1.51. The standard InChI is InChI=1S/C18H21NO.ClH/c1-2-5-15(6-3-1)13-16-8-10-18(11-9-16)20-14-17-7-4-12-19-17;/h1-3,5-6,8-11,17,19H,4,7,12-14H2;1H. The molecule has 0 amide bonds. The predicted molar refractivity (Wildman–Crippen MR) is 89.5 cm³/mol. The summed E-state index contributed by atoms with van der Waals surface area (Å²) >= 11 is 0. The smallest absolute Gasteiger partial charge is 0.119 e. The minimum absolute atomic E-state index is 0. The second-order valence-electron chi connectivity index (χ2n) is 5.41. The second-order valence-corrected chi connectivity index (χ2v) is 5.41. The summed E-state index contributed by atoms with van der Waals surface area (Å²) in [6.45, 7) is 1.90. The molecule has 1 aliphatic heterocycles. The van der Waals surface area contributed by atoms with Gasteiger partial charge in [0.05, 0.1) is 0 Å². The Morgan fingerprint density at radius 2 is 1.67 bits per heavy atom. The van der Waals surface area contributed by atoms with E-state index in [4.69, 9.17) is 4.74 Å². The highest BCUT2D eigenvalue weighted by atomic mass is 35.5. The van der Waals surface area contributed by atoms with Crippen LogP contribution >= 0.6 is 12.4 Å². The van der Waals surface area contributed by atoms with Crippen molar-refractivity contribution in [3.63, 3.8) is 0 Å². The van der Waals surface area contributed by atoms with Gasteiger partial charge < -0.3 is 10.1 Å². The van der Waals surface area contributed by atoms with Gasteiger partial charge in [0.15, 0.2) is 0 Å². The van der Waals surface area contributed by atoms with Crippen LogP contribution in [0, 0.1) is 0 Å². The molecular formula is C18H22ClNO. The van der Waals surface area contributed by atoms with E-state index >= 15 is 0 Å². The van der Waals surface area contributed by atoms with Crippen LogP contribution in [0.1, 0.15) is 24.0 Å². The fraction of sp³-hybridized carbons (Fsp3) is 0.333. The summed E-state index contributed by atoms with van der Waals surface area (Å²) in [5, 5.41) is 3.45. The number of hydrogen-bond acceptors (Lipinski definition) is 2. The minimum Gasteiger partial charge on any atom is -0.492 e. The molecule has 0 aliphatic carbocycles. The average molecular weight is 304 g/mol. The molecule has 1 aliphatic rings. The molecule has 0 spiro atoms. The zero-order valence-corrected chi connectivity index (χ0v) is 12.9. The SMILES string of the molecule is Cl.c1ccc(Cc2ccc(OCC3CCCN3)cc2)cc1. The Labute approximate surface area is 132 Å². The van der Waals surface area contributed by atoms with Gasteiger partial charge in [-0.1, -0.05) is 42.5 Å². The molecular weight excluding hydrogens is 282 g/mol. The highest BCUT2D eigenvalue weighted by Crippen LogP contribution is 2.16. The molecule has 1 N–H and O–H groups in total. The Balaban J connectivity index is 0.00000161. The third-order valence-electron chi connectivity index (χ3n) is 3.79. The fourth-order valence-corrected chi connectivity index (χ4v) is 2.63. The molecule has 1 fully saturated rings. The molecule has 0 aromatic heterocycles. The van der Waals surface area contributed by atoms with E-state index in [0.717, 1.165) is 25.3 Å². The quantitative estimate of drug-likeness (QED) is 0.906. The van der Waals surface area contributed by atoms with E-state index in [1.807, 2.05) is 0 Å². The molecule has 21 heavy (non-hydrogen) atoms. The van der Waals surface area contributed by atoms with Crippen molar-refractivity contribution in [2.24, 2.45) is 0 Å². The number of nitrogens with one attached hydrogen (secondary N) is 1. The first-order chi connectivity index (χ1) is 9.90. The maximum atomic E-state index is 5.83. The molecule has 2 aromatic carbocycles. The first-order valence-corrected chi connectivity index (χ1v) is 7.39. The molecule has 1 saturated heterocycles. The van der Waals surface area contributed by atoms with Crippen LogP contribution in [0.5, 0.6) is 5.75 Å². The van der Waals surface area contributed by atoms with Gasteiger partial charge in [-0.25, -0.2) is 0 Å². The van der Waals surface area contributed by atoms with Gasteiger partial charge in [-0.3, -0.25) is 0 Å². The number of rotatable bonds is 5.